The Kier molecular flexibility index (Phi) is 8.70. The van der Waals surface area contributed by atoms with Crippen molar-refractivity contribution in [3.05, 3.63) is 59.9 Å². The van der Waals surface area contributed by atoms with Crippen molar-refractivity contribution in [3.63, 3.8) is 0 Å². The number of alkyl halides is 6. The van der Waals surface area contributed by atoms with Gasteiger partial charge in [0.2, 0.25) is 0 Å². The van der Waals surface area contributed by atoms with Gasteiger partial charge in [0, 0.05) is 16.5 Å². The number of halogens is 6. The summed E-state index contributed by atoms with van der Waals surface area (Å²) < 4.78 is 72.0. The zero-order valence-electron chi connectivity index (χ0n) is 18.2. The Balaban J connectivity index is 0.000000388. The van der Waals surface area contributed by atoms with Gasteiger partial charge in [-0.15, -0.1) is 0 Å². The molecule has 1 aromatic heterocycles. The Bertz CT molecular complexity index is 1240. The number of nitrogens with zero attached hydrogens (tertiary/aromatic N) is 1. The molecule has 0 aliphatic rings. The number of rotatable bonds is 6. The highest BCUT2D eigenvalue weighted by atomic mass is 19.4. The van der Waals surface area contributed by atoms with E-state index in [4.69, 9.17) is 14.9 Å². The first-order chi connectivity index (χ1) is 16.6. The summed E-state index contributed by atoms with van der Waals surface area (Å²) in [6, 6.07) is 14.3. The number of hydrogen-bond acceptors (Lipinski definition) is 6. The highest BCUT2D eigenvalue weighted by molar-refractivity contribution is 6.03. The normalized spacial score (nSPS) is 12.9. The van der Waals surface area contributed by atoms with Gasteiger partial charge >= 0.3 is 24.4 Å². The molecule has 2 aromatic carbocycles. The van der Waals surface area contributed by atoms with Crippen LogP contribution < -0.4 is 10.1 Å². The standard InChI is InChI=1S/C19H16N2O5.C3H2F6O/c1-11-15-9-13(26-12-5-3-2-4-6-12)7-8-14(15)18(24)17(21-11)19(25)20-10-16(22)23;4-1(5)2(6,10)3(7,8)9/h2-9,24H,10H2,1H3,(H,20,25)(H,22,23);1,10H. The number of carboxylic acids is 1. The number of amides is 1. The van der Waals surface area contributed by atoms with Gasteiger partial charge in [-0.3, -0.25) is 9.59 Å². The molecule has 1 unspecified atom stereocenters. The molecule has 0 aliphatic carbocycles. The van der Waals surface area contributed by atoms with Crippen LogP contribution in [0.5, 0.6) is 17.2 Å². The fourth-order valence-corrected chi connectivity index (χ4v) is 2.65. The summed E-state index contributed by atoms with van der Waals surface area (Å²) >= 11 is 0. The van der Waals surface area contributed by atoms with Crippen molar-refractivity contribution in [2.45, 2.75) is 25.4 Å². The highest BCUT2D eigenvalue weighted by Crippen LogP contribution is 2.36. The maximum Gasteiger partial charge on any atom is 0.454 e. The van der Waals surface area contributed by atoms with Gasteiger partial charge in [0.25, 0.3) is 5.91 Å². The monoisotopic (exact) mass is 520 g/mol. The molecule has 0 fully saturated rings. The maximum absolute atomic E-state index is 12.1. The molecule has 8 nitrogen and oxygen atoms in total. The number of aromatic hydroxyl groups is 1. The number of aryl methyl sites for hydroxylation is 1. The molecule has 3 aromatic rings. The molecule has 4 N–H and O–H groups in total. The van der Waals surface area contributed by atoms with Crippen molar-refractivity contribution in [1.29, 1.82) is 0 Å². The minimum absolute atomic E-state index is 0.215. The zero-order chi connectivity index (χ0) is 27.3. The average Bonchev–Trinajstić information content (AvgIpc) is 2.80. The Morgan fingerprint density at radius 2 is 1.64 bits per heavy atom. The van der Waals surface area contributed by atoms with E-state index >= 15 is 0 Å². The lowest BCUT2D eigenvalue weighted by Gasteiger charge is -2.20. The van der Waals surface area contributed by atoms with Crippen molar-refractivity contribution in [1.82, 2.24) is 10.3 Å². The first-order valence-electron chi connectivity index (χ1n) is 9.77. The van der Waals surface area contributed by atoms with E-state index in [1.807, 2.05) is 30.3 Å². The van der Waals surface area contributed by atoms with Crippen molar-refractivity contribution in [2.75, 3.05) is 6.54 Å². The minimum atomic E-state index is -5.94. The van der Waals surface area contributed by atoms with Crippen LogP contribution in [0.2, 0.25) is 0 Å². The second-order valence-electron chi connectivity index (χ2n) is 7.07. The lowest BCUT2D eigenvalue weighted by atomic mass is 10.1. The number of aliphatic hydroxyl groups is 1. The third-order valence-corrected chi connectivity index (χ3v) is 4.42. The van der Waals surface area contributed by atoms with E-state index in [-0.39, 0.29) is 11.4 Å². The summed E-state index contributed by atoms with van der Waals surface area (Å²) in [5, 5.41) is 29.7. The number of pyridine rings is 1. The van der Waals surface area contributed by atoms with Crippen LogP contribution in [-0.4, -0.2) is 57.2 Å². The molecule has 1 amide bonds. The average molecular weight is 520 g/mol. The summed E-state index contributed by atoms with van der Waals surface area (Å²) in [6.07, 6.45) is -10.4. The Morgan fingerprint density at radius 1 is 1.03 bits per heavy atom. The summed E-state index contributed by atoms with van der Waals surface area (Å²) in [5.41, 5.74) is 0.296. The first-order valence-corrected chi connectivity index (χ1v) is 9.77. The Labute approximate surface area is 198 Å². The van der Waals surface area contributed by atoms with Gasteiger partial charge in [-0.25, -0.2) is 13.8 Å². The van der Waals surface area contributed by atoms with Crippen LogP contribution in [0.3, 0.4) is 0 Å². The van der Waals surface area contributed by atoms with Crippen molar-refractivity contribution in [3.8, 4) is 17.2 Å². The lowest BCUT2D eigenvalue weighted by Crippen LogP contribution is -2.47. The van der Waals surface area contributed by atoms with Crippen molar-refractivity contribution < 1.29 is 56.0 Å². The molecule has 14 heteroatoms. The van der Waals surface area contributed by atoms with Gasteiger partial charge in [0.05, 0.1) is 0 Å². The van der Waals surface area contributed by atoms with E-state index in [0.717, 1.165) is 0 Å². The number of carbonyl (C=O) groups is 2. The topological polar surface area (TPSA) is 129 Å². The van der Waals surface area contributed by atoms with Crippen LogP contribution in [0, 0.1) is 6.92 Å². The summed E-state index contributed by atoms with van der Waals surface area (Å²) in [6.45, 7) is 1.14. The van der Waals surface area contributed by atoms with Crippen LogP contribution in [0.1, 0.15) is 16.2 Å². The molecule has 0 radical (unpaired) electrons. The molecular weight excluding hydrogens is 502 g/mol. The smallest absolute Gasteiger partial charge is 0.454 e. The van der Waals surface area contributed by atoms with E-state index in [1.54, 1.807) is 25.1 Å². The van der Waals surface area contributed by atoms with E-state index in [9.17, 15) is 41.0 Å². The van der Waals surface area contributed by atoms with E-state index in [2.05, 4.69) is 10.3 Å². The molecule has 1 heterocycles. The van der Waals surface area contributed by atoms with Gasteiger partial charge in [-0.1, -0.05) is 18.2 Å². The van der Waals surface area contributed by atoms with Gasteiger partial charge in [0.1, 0.15) is 18.0 Å². The van der Waals surface area contributed by atoms with Gasteiger partial charge < -0.3 is 25.4 Å². The largest absolute Gasteiger partial charge is 0.505 e. The molecular formula is C22H18F6N2O6. The number of aromatic nitrogens is 1. The van der Waals surface area contributed by atoms with E-state index in [0.29, 0.717) is 28.0 Å². The zero-order valence-corrected chi connectivity index (χ0v) is 18.2. The fourth-order valence-electron chi connectivity index (χ4n) is 2.65. The second-order valence-corrected chi connectivity index (χ2v) is 7.07. The van der Waals surface area contributed by atoms with Gasteiger partial charge in [-0.05, 0) is 37.3 Å². The number of fused-ring (bicyclic) bond motifs is 1. The summed E-state index contributed by atoms with van der Waals surface area (Å²) in [4.78, 5) is 26.7. The van der Waals surface area contributed by atoms with Crippen LogP contribution in [-0.2, 0) is 4.79 Å². The quantitative estimate of drug-likeness (QED) is 0.356. The first kappa shape index (κ1) is 28.2. The third-order valence-electron chi connectivity index (χ3n) is 4.42. The number of carbonyl (C=O) groups excluding carboxylic acids is 1. The number of benzene rings is 2. The van der Waals surface area contributed by atoms with E-state index < -0.39 is 36.9 Å². The molecule has 36 heavy (non-hydrogen) atoms. The van der Waals surface area contributed by atoms with Crippen LogP contribution in [0.25, 0.3) is 10.8 Å². The molecule has 1 atom stereocenters. The molecule has 194 valence electrons. The van der Waals surface area contributed by atoms with Crippen molar-refractivity contribution in [2.24, 2.45) is 0 Å². The highest BCUT2D eigenvalue weighted by Gasteiger charge is 2.62. The molecule has 0 bridgehead atoms. The molecule has 0 saturated heterocycles. The lowest BCUT2D eigenvalue weighted by molar-refractivity contribution is -0.352. The van der Waals surface area contributed by atoms with E-state index in [1.165, 1.54) is 0 Å². The molecule has 0 spiro atoms. The van der Waals surface area contributed by atoms with Crippen LogP contribution in [0.15, 0.2) is 48.5 Å². The molecule has 0 aliphatic heterocycles. The van der Waals surface area contributed by atoms with Crippen LogP contribution >= 0.6 is 0 Å². The SMILES string of the molecule is Cc1nc(C(=O)NCC(=O)O)c(O)c2ccc(Oc3ccccc3)cc12.OC(F)(C(F)F)C(F)(F)F. The summed E-state index contributed by atoms with van der Waals surface area (Å²) in [5.74, 6) is -6.40. The Hall–Kier alpha value is -4.07. The number of nitrogens with one attached hydrogen (secondary N) is 1. The molecule has 0 saturated carbocycles. The Morgan fingerprint density at radius 3 is 2.14 bits per heavy atom. The predicted molar refractivity (Wildman–Crippen MR) is 113 cm³/mol. The van der Waals surface area contributed by atoms with Gasteiger partial charge in [0.15, 0.2) is 11.4 Å². The number of ether oxygens (including phenoxy) is 1. The van der Waals surface area contributed by atoms with Crippen LogP contribution in [0.4, 0.5) is 26.3 Å². The number of hydrogen-bond donors (Lipinski definition) is 4. The number of para-hydroxylation sites is 1. The van der Waals surface area contributed by atoms with Gasteiger partial charge in [-0.2, -0.15) is 17.6 Å². The summed E-state index contributed by atoms with van der Waals surface area (Å²) in [7, 11) is 0. The number of carboxylic acid groups (broad SMARTS) is 1. The predicted octanol–water partition coefficient (Wildman–Crippen LogP) is 4.33. The third kappa shape index (κ3) is 6.75. The second kappa shape index (κ2) is 11.1. The molecule has 3 rings (SSSR count). The number of aliphatic carboxylic acids is 1. The fraction of sp³-hybridized carbons (Fsp3) is 0.227. The van der Waals surface area contributed by atoms with Crippen molar-refractivity contribution >= 4 is 22.6 Å². The minimum Gasteiger partial charge on any atom is -0.505 e. The maximum atomic E-state index is 12.1.